The van der Waals surface area contributed by atoms with Gasteiger partial charge < -0.3 is 10.6 Å². The number of nitrogens with one attached hydrogen (secondary N) is 2. The number of thiophene rings is 2. The van der Waals surface area contributed by atoms with Gasteiger partial charge in [-0.15, -0.1) is 22.7 Å². The normalized spacial score (nSPS) is 12.1. The Kier molecular flexibility index (Phi) is 6.06. The zero-order chi connectivity index (χ0) is 21.1. The second-order valence-electron chi connectivity index (χ2n) is 7.03. The summed E-state index contributed by atoms with van der Waals surface area (Å²) < 4.78 is 0. The summed E-state index contributed by atoms with van der Waals surface area (Å²) in [5.74, 6) is 0.656. The number of hydrogen-bond donors (Lipinski definition) is 2. The fourth-order valence-corrected chi connectivity index (χ4v) is 5.30. The number of aromatic nitrogens is 3. The Balaban J connectivity index is 1.59. The van der Waals surface area contributed by atoms with Crippen LogP contribution in [0.15, 0.2) is 42.0 Å². The van der Waals surface area contributed by atoms with Crippen LogP contribution >= 0.6 is 22.7 Å². The van der Waals surface area contributed by atoms with Crippen LogP contribution in [-0.2, 0) is 6.54 Å². The predicted molar refractivity (Wildman–Crippen MR) is 123 cm³/mol. The van der Waals surface area contributed by atoms with Crippen LogP contribution in [0.4, 0.5) is 5.82 Å². The number of rotatable bonds is 7. The van der Waals surface area contributed by atoms with Gasteiger partial charge in [-0.1, -0.05) is 19.1 Å². The van der Waals surface area contributed by atoms with Crippen LogP contribution < -0.4 is 10.6 Å². The number of fused-ring (bicyclic) bond motifs is 1. The molecule has 1 amide bonds. The third-order valence-corrected chi connectivity index (χ3v) is 7.10. The van der Waals surface area contributed by atoms with Crippen molar-refractivity contribution in [3.8, 4) is 0 Å². The van der Waals surface area contributed by atoms with E-state index >= 15 is 0 Å². The molecule has 0 spiro atoms. The number of anilines is 1. The van der Waals surface area contributed by atoms with Gasteiger partial charge in [-0.05, 0) is 49.4 Å². The van der Waals surface area contributed by atoms with Crippen molar-refractivity contribution in [1.29, 1.82) is 0 Å². The van der Waals surface area contributed by atoms with E-state index in [9.17, 15) is 4.79 Å². The molecule has 0 bridgehead atoms. The van der Waals surface area contributed by atoms with E-state index in [0.29, 0.717) is 11.4 Å². The van der Waals surface area contributed by atoms with E-state index in [2.05, 4.69) is 50.0 Å². The molecule has 4 rings (SSSR count). The molecule has 0 aliphatic heterocycles. The Hall–Kier alpha value is -2.84. The Bertz CT molecular complexity index is 1170. The summed E-state index contributed by atoms with van der Waals surface area (Å²) in [5, 5.41) is 9.53. The van der Waals surface area contributed by atoms with E-state index in [-0.39, 0.29) is 11.9 Å². The zero-order valence-electron chi connectivity index (χ0n) is 17.1. The van der Waals surface area contributed by atoms with E-state index in [1.54, 1.807) is 17.7 Å². The number of pyridine rings is 1. The zero-order valence-corrected chi connectivity index (χ0v) is 18.7. The van der Waals surface area contributed by atoms with Crippen molar-refractivity contribution in [2.24, 2.45) is 0 Å². The average molecular weight is 438 g/mol. The lowest BCUT2D eigenvalue weighted by atomic mass is 10.1. The molecule has 0 aliphatic rings. The molecule has 0 saturated heterocycles. The van der Waals surface area contributed by atoms with Gasteiger partial charge in [0, 0.05) is 10.6 Å². The van der Waals surface area contributed by atoms with Crippen molar-refractivity contribution < 1.29 is 4.79 Å². The maximum atomic E-state index is 12.9. The van der Waals surface area contributed by atoms with Crippen LogP contribution in [0.3, 0.4) is 0 Å². The molecule has 8 heteroatoms. The highest BCUT2D eigenvalue weighted by Crippen LogP contribution is 2.35. The maximum absolute atomic E-state index is 12.9. The standard InChI is InChI=1S/C22H23N5OS2/c1-4-16(17-9-6-10-29-17)27-20-18-14(3)19(30-22(18)25-12-24-20)21(28)23-11-15-8-5-7-13(2)26-15/h5-10,12,16H,4,11H2,1-3H3,(H,23,28)(H,24,25,27)/t16-/m0/s1. The van der Waals surface area contributed by atoms with Gasteiger partial charge in [0.25, 0.3) is 5.91 Å². The summed E-state index contributed by atoms with van der Waals surface area (Å²) in [6.07, 6.45) is 2.49. The smallest absolute Gasteiger partial charge is 0.262 e. The lowest BCUT2D eigenvalue weighted by Crippen LogP contribution is -2.23. The Labute approximate surface area is 183 Å². The highest BCUT2D eigenvalue weighted by molar-refractivity contribution is 7.20. The van der Waals surface area contributed by atoms with Crippen LogP contribution in [0.1, 0.15) is 50.9 Å². The second-order valence-corrected chi connectivity index (χ2v) is 9.01. The molecule has 30 heavy (non-hydrogen) atoms. The molecule has 0 unspecified atom stereocenters. The topological polar surface area (TPSA) is 79.8 Å². The molecule has 0 aliphatic carbocycles. The number of hydrogen-bond acceptors (Lipinski definition) is 7. The van der Waals surface area contributed by atoms with E-state index in [1.807, 2.05) is 32.0 Å². The van der Waals surface area contributed by atoms with Crippen molar-refractivity contribution >= 4 is 44.6 Å². The van der Waals surface area contributed by atoms with Gasteiger partial charge in [-0.2, -0.15) is 0 Å². The van der Waals surface area contributed by atoms with E-state index in [4.69, 9.17) is 0 Å². The minimum atomic E-state index is -0.116. The Morgan fingerprint density at radius 2 is 2.03 bits per heavy atom. The quantitative estimate of drug-likeness (QED) is 0.412. The van der Waals surface area contributed by atoms with Crippen molar-refractivity contribution in [2.45, 2.75) is 39.8 Å². The van der Waals surface area contributed by atoms with Crippen LogP contribution in [0.5, 0.6) is 0 Å². The molecule has 0 aromatic carbocycles. The summed E-state index contributed by atoms with van der Waals surface area (Å²) in [7, 11) is 0. The molecular formula is C22H23N5OS2. The lowest BCUT2D eigenvalue weighted by Gasteiger charge is -2.16. The van der Waals surface area contributed by atoms with Gasteiger partial charge in [0.2, 0.25) is 0 Å². The number of amides is 1. The maximum Gasteiger partial charge on any atom is 0.262 e. The first kappa shape index (κ1) is 20.4. The SMILES string of the molecule is CC[C@H](Nc1ncnc2sc(C(=O)NCc3cccc(C)n3)c(C)c12)c1cccs1. The molecule has 4 aromatic heterocycles. The van der Waals surface area contributed by atoms with E-state index < -0.39 is 0 Å². The molecule has 4 aromatic rings. The summed E-state index contributed by atoms with van der Waals surface area (Å²) in [4.78, 5) is 28.9. The fraction of sp³-hybridized carbons (Fsp3) is 0.273. The van der Waals surface area contributed by atoms with Crippen LogP contribution in [0.2, 0.25) is 0 Å². The van der Waals surface area contributed by atoms with Crippen LogP contribution in [0.25, 0.3) is 10.2 Å². The van der Waals surface area contributed by atoms with Crippen molar-refractivity contribution in [2.75, 3.05) is 5.32 Å². The van der Waals surface area contributed by atoms with Gasteiger partial charge in [0.05, 0.1) is 28.5 Å². The van der Waals surface area contributed by atoms with Gasteiger partial charge in [0.15, 0.2) is 0 Å². The summed E-state index contributed by atoms with van der Waals surface area (Å²) in [6.45, 7) is 6.43. The van der Waals surface area contributed by atoms with Crippen molar-refractivity contribution in [3.05, 3.63) is 68.7 Å². The molecule has 0 saturated carbocycles. The number of aryl methyl sites for hydroxylation is 2. The first-order chi connectivity index (χ1) is 14.6. The molecular weight excluding hydrogens is 414 g/mol. The molecule has 6 nitrogen and oxygen atoms in total. The van der Waals surface area contributed by atoms with Crippen molar-refractivity contribution in [3.63, 3.8) is 0 Å². The average Bonchev–Trinajstić information content (AvgIpc) is 3.39. The summed E-state index contributed by atoms with van der Waals surface area (Å²) >= 11 is 3.12. The second kappa shape index (κ2) is 8.89. The van der Waals surface area contributed by atoms with E-state index in [1.165, 1.54) is 16.2 Å². The van der Waals surface area contributed by atoms with Gasteiger partial charge in [-0.3, -0.25) is 9.78 Å². The lowest BCUT2D eigenvalue weighted by molar-refractivity contribution is 0.0954. The third kappa shape index (κ3) is 4.20. The van der Waals surface area contributed by atoms with Crippen LogP contribution in [-0.4, -0.2) is 20.9 Å². The summed E-state index contributed by atoms with van der Waals surface area (Å²) in [5.41, 5.74) is 2.67. The molecule has 0 fully saturated rings. The Morgan fingerprint density at radius 1 is 1.17 bits per heavy atom. The van der Waals surface area contributed by atoms with Crippen LogP contribution in [0, 0.1) is 13.8 Å². The molecule has 0 radical (unpaired) electrons. The fourth-order valence-electron chi connectivity index (χ4n) is 3.38. The minimum Gasteiger partial charge on any atom is -0.362 e. The third-order valence-electron chi connectivity index (χ3n) is 4.91. The molecule has 154 valence electrons. The largest absolute Gasteiger partial charge is 0.362 e. The predicted octanol–water partition coefficient (Wildman–Crippen LogP) is 5.26. The van der Waals surface area contributed by atoms with Gasteiger partial charge in [-0.25, -0.2) is 9.97 Å². The molecule has 1 atom stereocenters. The van der Waals surface area contributed by atoms with E-state index in [0.717, 1.165) is 39.4 Å². The first-order valence-electron chi connectivity index (χ1n) is 9.81. The summed E-state index contributed by atoms with van der Waals surface area (Å²) in [6, 6.07) is 10.2. The molecule has 2 N–H and O–H groups in total. The van der Waals surface area contributed by atoms with Gasteiger partial charge in [0.1, 0.15) is 17.0 Å². The number of nitrogens with zero attached hydrogens (tertiary/aromatic N) is 3. The highest BCUT2D eigenvalue weighted by Gasteiger charge is 2.21. The highest BCUT2D eigenvalue weighted by atomic mass is 32.1. The van der Waals surface area contributed by atoms with Gasteiger partial charge >= 0.3 is 0 Å². The monoisotopic (exact) mass is 437 g/mol. The molecule has 4 heterocycles. The van der Waals surface area contributed by atoms with Crippen molar-refractivity contribution in [1.82, 2.24) is 20.3 Å². The number of carbonyl (C=O) groups is 1. The minimum absolute atomic E-state index is 0.116. The number of carbonyl (C=O) groups excluding carboxylic acids is 1. The Morgan fingerprint density at radius 3 is 2.77 bits per heavy atom. The first-order valence-corrected chi connectivity index (χ1v) is 11.5.